The zero-order valence-corrected chi connectivity index (χ0v) is 13.1. The predicted octanol–water partition coefficient (Wildman–Crippen LogP) is 3.21. The summed E-state index contributed by atoms with van der Waals surface area (Å²) in [4.78, 5) is 12.5. The Bertz CT molecular complexity index is 514. The summed E-state index contributed by atoms with van der Waals surface area (Å²) in [5.41, 5.74) is 2.44. The number of anilines is 1. The minimum Gasteiger partial charge on any atom is -0.384 e. The van der Waals surface area contributed by atoms with Crippen LogP contribution in [0, 0.1) is 17.8 Å². The fourth-order valence-corrected chi connectivity index (χ4v) is 3.62. The molecule has 1 fully saturated rings. The molecule has 1 aromatic carbocycles. The molecule has 0 bridgehead atoms. The van der Waals surface area contributed by atoms with E-state index in [4.69, 9.17) is 0 Å². The second-order valence-corrected chi connectivity index (χ2v) is 6.91. The Morgan fingerprint density at radius 2 is 2.00 bits per heavy atom. The second kappa shape index (κ2) is 6.08. The van der Waals surface area contributed by atoms with Gasteiger partial charge in [0.15, 0.2) is 0 Å². The van der Waals surface area contributed by atoms with Crippen LogP contribution in [-0.2, 0) is 11.2 Å². The number of carbonyl (C=O) groups is 1. The van der Waals surface area contributed by atoms with Crippen molar-refractivity contribution in [1.29, 1.82) is 0 Å². The first kappa shape index (κ1) is 14.4. The summed E-state index contributed by atoms with van der Waals surface area (Å²) < 4.78 is 0. The molecular formula is C18H26N2O. The number of hydrogen-bond donors (Lipinski definition) is 2. The number of carbonyl (C=O) groups excluding carboxylic acids is 1. The molecule has 3 rings (SSSR count). The fraction of sp³-hybridized carbons (Fsp3) is 0.611. The highest BCUT2D eigenvalue weighted by molar-refractivity contribution is 5.81. The van der Waals surface area contributed by atoms with Crippen LogP contribution in [0.2, 0.25) is 0 Å². The molecule has 0 saturated heterocycles. The van der Waals surface area contributed by atoms with Crippen molar-refractivity contribution < 1.29 is 4.79 Å². The van der Waals surface area contributed by atoms with Gasteiger partial charge in [0.1, 0.15) is 0 Å². The zero-order valence-electron chi connectivity index (χ0n) is 13.1. The molecule has 0 radical (unpaired) electrons. The lowest BCUT2D eigenvalue weighted by molar-refractivity contribution is -0.125. The van der Waals surface area contributed by atoms with Gasteiger partial charge in [0.2, 0.25) is 5.91 Å². The minimum absolute atomic E-state index is 0.0644. The van der Waals surface area contributed by atoms with E-state index in [2.05, 4.69) is 36.6 Å². The molecule has 0 spiro atoms. The first-order chi connectivity index (χ1) is 10.1. The third-order valence-electron chi connectivity index (χ3n) is 5.34. The van der Waals surface area contributed by atoms with Crippen molar-refractivity contribution in [2.45, 2.75) is 45.6 Å². The van der Waals surface area contributed by atoms with Gasteiger partial charge in [-0.1, -0.05) is 32.0 Å². The van der Waals surface area contributed by atoms with Gasteiger partial charge in [0.25, 0.3) is 0 Å². The lowest BCUT2D eigenvalue weighted by Gasteiger charge is -2.34. The van der Waals surface area contributed by atoms with Crippen molar-refractivity contribution in [3.8, 4) is 0 Å². The average molecular weight is 286 g/mol. The third-order valence-corrected chi connectivity index (χ3v) is 5.34. The van der Waals surface area contributed by atoms with E-state index in [1.54, 1.807) is 0 Å². The Kier molecular flexibility index (Phi) is 4.18. The van der Waals surface area contributed by atoms with Crippen molar-refractivity contribution >= 4 is 11.6 Å². The van der Waals surface area contributed by atoms with Crippen LogP contribution >= 0.6 is 0 Å². The Morgan fingerprint density at radius 3 is 2.81 bits per heavy atom. The molecule has 1 aliphatic heterocycles. The van der Waals surface area contributed by atoms with E-state index < -0.39 is 0 Å². The summed E-state index contributed by atoms with van der Waals surface area (Å²) in [7, 11) is 0. The summed E-state index contributed by atoms with van der Waals surface area (Å²) in [6.45, 7) is 5.38. The Labute approximate surface area is 127 Å². The number of rotatable bonds is 2. The van der Waals surface area contributed by atoms with Crippen LogP contribution in [0.25, 0.3) is 0 Å². The molecule has 114 valence electrons. The summed E-state index contributed by atoms with van der Waals surface area (Å²) in [5, 5.41) is 6.68. The van der Waals surface area contributed by atoms with Gasteiger partial charge in [-0.25, -0.2) is 0 Å². The van der Waals surface area contributed by atoms with E-state index in [1.165, 1.54) is 17.7 Å². The Balaban J connectivity index is 1.57. The number of amides is 1. The van der Waals surface area contributed by atoms with Crippen LogP contribution in [0.15, 0.2) is 24.3 Å². The fourth-order valence-electron chi connectivity index (χ4n) is 3.62. The molecule has 21 heavy (non-hydrogen) atoms. The summed E-state index contributed by atoms with van der Waals surface area (Å²) >= 11 is 0. The van der Waals surface area contributed by atoms with Crippen LogP contribution in [0.5, 0.6) is 0 Å². The standard InChI is InChI=1S/C18H26N2O/c1-12-7-8-16(9-13(12)2)20-18(21)15-10-14-5-3-4-6-17(14)19-11-15/h3-6,12-13,15-16,19H,7-11H2,1-2H3,(H,20,21). The predicted molar refractivity (Wildman–Crippen MR) is 86.2 cm³/mol. The highest BCUT2D eigenvalue weighted by atomic mass is 16.2. The van der Waals surface area contributed by atoms with Crippen LogP contribution in [0.1, 0.15) is 38.7 Å². The maximum Gasteiger partial charge on any atom is 0.225 e. The van der Waals surface area contributed by atoms with Gasteiger partial charge < -0.3 is 10.6 Å². The Morgan fingerprint density at radius 1 is 1.19 bits per heavy atom. The maximum absolute atomic E-state index is 12.5. The summed E-state index contributed by atoms with van der Waals surface area (Å²) in [6.07, 6.45) is 4.35. The summed E-state index contributed by atoms with van der Waals surface area (Å²) in [6, 6.07) is 8.67. The van der Waals surface area contributed by atoms with Crippen molar-refractivity contribution in [2.75, 3.05) is 11.9 Å². The summed E-state index contributed by atoms with van der Waals surface area (Å²) in [5.74, 6) is 1.80. The molecule has 2 aliphatic rings. The van der Waals surface area contributed by atoms with Gasteiger partial charge in [0.05, 0.1) is 5.92 Å². The second-order valence-electron chi connectivity index (χ2n) is 6.91. The van der Waals surface area contributed by atoms with Crippen LogP contribution in [-0.4, -0.2) is 18.5 Å². The van der Waals surface area contributed by atoms with Gasteiger partial charge in [0, 0.05) is 18.3 Å². The number of benzene rings is 1. The van der Waals surface area contributed by atoms with Crippen molar-refractivity contribution in [3.05, 3.63) is 29.8 Å². The lowest BCUT2D eigenvalue weighted by atomic mass is 9.79. The van der Waals surface area contributed by atoms with Crippen molar-refractivity contribution in [3.63, 3.8) is 0 Å². The molecule has 0 aromatic heterocycles. The smallest absolute Gasteiger partial charge is 0.225 e. The first-order valence-electron chi connectivity index (χ1n) is 8.25. The van der Waals surface area contributed by atoms with Crippen LogP contribution < -0.4 is 10.6 Å². The zero-order chi connectivity index (χ0) is 14.8. The normalized spacial score (nSPS) is 31.9. The molecule has 3 nitrogen and oxygen atoms in total. The number of fused-ring (bicyclic) bond motifs is 1. The van der Waals surface area contributed by atoms with E-state index in [9.17, 15) is 4.79 Å². The highest BCUT2D eigenvalue weighted by Crippen LogP contribution is 2.30. The molecular weight excluding hydrogens is 260 g/mol. The van der Waals surface area contributed by atoms with Crippen molar-refractivity contribution in [2.24, 2.45) is 17.8 Å². The number of nitrogens with one attached hydrogen (secondary N) is 2. The van der Waals surface area contributed by atoms with E-state index in [0.29, 0.717) is 12.0 Å². The molecule has 2 N–H and O–H groups in total. The molecule has 4 unspecified atom stereocenters. The number of para-hydroxylation sites is 1. The monoisotopic (exact) mass is 286 g/mol. The van der Waals surface area contributed by atoms with Gasteiger partial charge >= 0.3 is 0 Å². The largest absolute Gasteiger partial charge is 0.384 e. The molecule has 4 atom stereocenters. The minimum atomic E-state index is 0.0644. The average Bonchev–Trinajstić information content (AvgIpc) is 2.50. The Hall–Kier alpha value is -1.51. The molecule has 1 amide bonds. The van der Waals surface area contributed by atoms with E-state index >= 15 is 0 Å². The van der Waals surface area contributed by atoms with Crippen LogP contribution in [0.4, 0.5) is 5.69 Å². The topological polar surface area (TPSA) is 41.1 Å². The number of hydrogen-bond acceptors (Lipinski definition) is 2. The third kappa shape index (κ3) is 3.22. The maximum atomic E-state index is 12.5. The van der Waals surface area contributed by atoms with E-state index in [-0.39, 0.29) is 11.8 Å². The van der Waals surface area contributed by atoms with Gasteiger partial charge in [-0.15, -0.1) is 0 Å². The SMILES string of the molecule is CC1CCC(NC(=O)C2CNc3ccccc3C2)CC1C. The molecule has 1 aliphatic carbocycles. The van der Waals surface area contributed by atoms with Gasteiger partial charge in [-0.05, 0) is 49.1 Å². The molecule has 1 saturated carbocycles. The molecule has 1 heterocycles. The van der Waals surface area contributed by atoms with Gasteiger partial charge in [-0.2, -0.15) is 0 Å². The van der Waals surface area contributed by atoms with E-state index in [0.717, 1.165) is 31.7 Å². The molecule has 1 aromatic rings. The molecule has 3 heteroatoms. The van der Waals surface area contributed by atoms with Crippen molar-refractivity contribution in [1.82, 2.24) is 5.32 Å². The van der Waals surface area contributed by atoms with E-state index in [1.807, 2.05) is 12.1 Å². The highest BCUT2D eigenvalue weighted by Gasteiger charge is 2.29. The van der Waals surface area contributed by atoms with Crippen LogP contribution in [0.3, 0.4) is 0 Å². The lowest BCUT2D eigenvalue weighted by Crippen LogP contribution is -2.45. The first-order valence-corrected chi connectivity index (χ1v) is 8.25. The quantitative estimate of drug-likeness (QED) is 0.876. The van der Waals surface area contributed by atoms with Gasteiger partial charge in [-0.3, -0.25) is 4.79 Å².